The molecule has 0 saturated heterocycles. The van der Waals surface area contributed by atoms with Gasteiger partial charge < -0.3 is 15.5 Å². The Labute approximate surface area is 121 Å². The summed E-state index contributed by atoms with van der Waals surface area (Å²) >= 11 is 0. The van der Waals surface area contributed by atoms with Crippen molar-refractivity contribution in [2.75, 3.05) is 12.4 Å². The quantitative estimate of drug-likeness (QED) is 0.783. The molecule has 4 N–H and O–H groups in total. The third-order valence-electron chi connectivity index (χ3n) is 3.19. The molecule has 112 valence electrons. The number of fused-ring (bicyclic) bond motifs is 1. The Morgan fingerprint density at radius 3 is 2.81 bits per heavy atom. The number of nitrogens with one attached hydrogen (secondary N) is 2. The minimum absolute atomic E-state index is 0.215. The fraction of sp³-hybridized carbons (Fsp3) is 0.357. The SMILES string of the molecule is CCCCc1ccc2[nH]c(NC(=O)OC)nc2c1C(N)=O. The summed E-state index contributed by atoms with van der Waals surface area (Å²) in [6.07, 6.45) is 2.10. The first-order chi connectivity index (χ1) is 10.1. The van der Waals surface area contributed by atoms with Crippen LogP contribution in [-0.4, -0.2) is 29.1 Å². The first-order valence-corrected chi connectivity index (χ1v) is 6.73. The number of carbonyl (C=O) groups excluding carboxylic acids is 2. The third-order valence-corrected chi connectivity index (χ3v) is 3.19. The van der Waals surface area contributed by atoms with Gasteiger partial charge in [0.15, 0.2) is 0 Å². The number of nitrogens with two attached hydrogens (primary N) is 1. The van der Waals surface area contributed by atoms with Crippen molar-refractivity contribution in [3.05, 3.63) is 23.3 Å². The molecule has 7 nitrogen and oxygen atoms in total. The number of nitrogens with zero attached hydrogens (tertiary/aromatic N) is 1. The van der Waals surface area contributed by atoms with Gasteiger partial charge in [-0.1, -0.05) is 19.4 Å². The lowest BCUT2D eigenvalue weighted by Crippen LogP contribution is -2.15. The topological polar surface area (TPSA) is 110 Å². The number of benzene rings is 1. The van der Waals surface area contributed by atoms with Gasteiger partial charge in [0.25, 0.3) is 5.91 Å². The van der Waals surface area contributed by atoms with Crippen LogP contribution in [0.4, 0.5) is 10.7 Å². The Balaban J connectivity index is 2.47. The number of aromatic nitrogens is 2. The van der Waals surface area contributed by atoms with E-state index in [1.165, 1.54) is 7.11 Å². The number of carbonyl (C=O) groups is 2. The molecule has 2 aromatic rings. The molecule has 0 bridgehead atoms. The number of methoxy groups -OCH3 is 1. The second-order valence-electron chi connectivity index (χ2n) is 4.67. The Bertz CT molecular complexity index is 678. The van der Waals surface area contributed by atoms with Crippen molar-refractivity contribution in [2.24, 2.45) is 5.73 Å². The molecule has 21 heavy (non-hydrogen) atoms. The Morgan fingerprint density at radius 2 is 2.19 bits per heavy atom. The van der Waals surface area contributed by atoms with Crippen LogP contribution in [0.2, 0.25) is 0 Å². The second kappa shape index (κ2) is 6.25. The molecule has 0 aliphatic heterocycles. The summed E-state index contributed by atoms with van der Waals surface area (Å²) in [7, 11) is 1.26. The highest BCUT2D eigenvalue weighted by Gasteiger charge is 2.17. The minimum atomic E-state index is -0.638. The standard InChI is InChI=1S/C14H18N4O3/c1-3-4-5-8-6-7-9-11(10(8)12(15)19)17-13(16-9)18-14(20)21-2/h6-7H,3-5H2,1-2H3,(H2,15,19)(H2,16,17,18,20). The number of primary amides is 1. The van der Waals surface area contributed by atoms with Crippen LogP contribution in [0.5, 0.6) is 0 Å². The highest BCUT2D eigenvalue weighted by molar-refractivity contribution is 6.06. The van der Waals surface area contributed by atoms with E-state index in [1.54, 1.807) is 0 Å². The lowest BCUT2D eigenvalue weighted by molar-refractivity contribution is 0.100. The van der Waals surface area contributed by atoms with E-state index in [0.29, 0.717) is 16.6 Å². The van der Waals surface area contributed by atoms with Crippen LogP contribution < -0.4 is 11.1 Å². The number of H-pyrrole nitrogens is 1. The number of amides is 2. The van der Waals surface area contributed by atoms with Crippen LogP contribution in [0.15, 0.2) is 12.1 Å². The first kappa shape index (κ1) is 14.8. The average Bonchev–Trinajstić information content (AvgIpc) is 2.85. The van der Waals surface area contributed by atoms with Gasteiger partial charge >= 0.3 is 6.09 Å². The molecule has 0 atom stereocenters. The van der Waals surface area contributed by atoms with Crippen molar-refractivity contribution in [3.63, 3.8) is 0 Å². The fourth-order valence-corrected chi connectivity index (χ4v) is 2.17. The van der Waals surface area contributed by atoms with Gasteiger partial charge in [-0.15, -0.1) is 0 Å². The summed E-state index contributed by atoms with van der Waals surface area (Å²) in [6, 6.07) is 3.68. The maximum absolute atomic E-state index is 11.7. The van der Waals surface area contributed by atoms with E-state index >= 15 is 0 Å². The molecule has 0 unspecified atom stereocenters. The van der Waals surface area contributed by atoms with Crippen molar-refractivity contribution >= 4 is 29.0 Å². The predicted octanol–water partition coefficient (Wildman–Crippen LogP) is 2.18. The summed E-state index contributed by atoms with van der Waals surface area (Å²) < 4.78 is 4.50. The lowest BCUT2D eigenvalue weighted by Gasteiger charge is -2.06. The molecule has 7 heteroatoms. The minimum Gasteiger partial charge on any atom is -0.453 e. The Kier molecular flexibility index (Phi) is 4.42. The molecule has 0 fully saturated rings. The van der Waals surface area contributed by atoms with Gasteiger partial charge in [-0.05, 0) is 24.5 Å². The van der Waals surface area contributed by atoms with Gasteiger partial charge in [0.1, 0.15) is 5.52 Å². The van der Waals surface area contributed by atoms with Gasteiger partial charge in [0, 0.05) is 0 Å². The number of imidazole rings is 1. The van der Waals surface area contributed by atoms with Crippen molar-refractivity contribution in [1.29, 1.82) is 0 Å². The van der Waals surface area contributed by atoms with E-state index in [9.17, 15) is 9.59 Å². The summed E-state index contributed by atoms with van der Waals surface area (Å²) in [5.41, 5.74) is 7.85. The zero-order chi connectivity index (χ0) is 15.4. The number of aryl methyl sites for hydroxylation is 1. The molecule has 0 saturated carbocycles. The van der Waals surface area contributed by atoms with E-state index in [-0.39, 0.29) is 5.95 Å². The number of unbranched alkanes of at least 4 members (excludes halogenated alkanes) is 1. The largest absolute Gasteiger partial charge is 0.453 e. The number of aromatic amines is 1. The molecule has 0 aliphatic carbocycles. The van der Waals surface area contributed by atoms with Crippen molar-refractivity contribution in [1.82, 2.24) is 9.97 Å². The number of rotatable bonds is 5. The second-order valence-corrected chi connectivity index (χ2v) is 4.67. The zero-order valence-electron chi connectivity index (χ0n) is 12.0. The molecule has 0 spiro atoms. The molecule has 0 radical (unpaired) electrons. The molecule has 2 rings (SSSR count). The van der Waals surface area contributed by atoms with Crippen LogP contribution in [0, 0.1) is 0 Å². The third kappa shape index (κ3) is 3.13. The maximum atomic E-state index is 11.7. The molecule has 2 amide bonds. The maximum Gasteiger partial charge on any atom is 0.413 e. The van der Waals surface area contributed by atoms with Crippen LogP contribution in [0.25, 0.3) is 11.0 Å². The van der Waals surface area contributed by atoms with Crippen molar-refractivity contribution in [3.8, 4) is 0 Å². The lowest BCUT2D eigenvalue weighted by atomic mass is 10.00. The molecular weight excluding hydrogens is 272 g/mol. The normalized spacial score (nSPS) is 10.6. The van der Waals surface area contributed by atoms with Crippen molar-refractivity contribution < 1.29 is 14.3 Å². The summed E-state index contributed by atoms with van der Waals surface area (Å²) in [6.45, 7) is 2.08. The summed E-state index contributed by atoms with van der Waals surface area (Å²) in [5.74, 6) is -0.310. The highest BCUT2D eigenvalue weighted by atomic mass is 16.5. The van der Waals surface area contributed by atoms with Gasteiger partial charge in [-0.25, -0.2) is 9.78 Å². The van der Waals surface area contributed by atoms with Gasteiger partial charge in [0.05, 0.1) is 18.2 Å². The van der Waals surface area contributed by atoms with Crippen LogP contribution in [-0.2, 0) is 11.2 Å². The van der Waals surface area contributed by atoms with E-state index in [2.05, 4.69) is 26.9 Å². The summed E-state index contributed by atoms with van der Waals surface area (Å²) in [4.78, 5) is 30.1. The van der Waals surface area contributed by atoms with E-state index < -0.39 is 12.0 Å². The Morgan fingerprint density at radius 1 is 1.43 bits per heavy atom. The van der Waals surface area contributed by atoms with Gasteiger partial charge in [-0.3, -0.25) is 10.1 Å². The molecule has 1 heterocycles. The number of hydrogen-bond donors (Lipinski definition) is 3. The van der Waals surface area contributed by atoms with Crippen LogP contribution in [0.1, 0.15) is 35.7 Å². The van der Waals surface area contributed by atoms with Crippen LogP contribution >= 0.6 is 0 Å². The van der Waals surface area contributed by atoms with Crippen LogP contribution in [0.3, 0.4) is 0 Å². The molecule has 1 aromatic heterocycles. The average molecular weight is 290 g/mol. The predicted molar refractivity (Wildman–Crippen MR) is 79.3 cm³/mol. The first-order valence-electron chi connectivity index (χ1n) is 6.73. The van der Waals surface area contributed by atoms with E-state index in [1.807, 2.05) is 12.1 Å². The number of anilines is 1. The zero-order valence-corrected chi connectivity index (χ0v) is 12.0. The summed E-state index contributed by atoms with van der Waals surface area (Å²) in [5, 5.41) is 2.43. The molecular formula is C14H18N4O3. The Hall–Kier alpha value is -2.57. The highest BCUT2D eigenvalue weighted by Crippen LogP contribution is 2.23. The van der Waals surface area contributed by atoms with Gasteiger partial charge in [-0.2, -0.15) is 0 Å². The fourth-order valence-electron chi connectivity index (χ4n) is 2.17. The molecule has 0 aliphatic rings. The number of hydrogen-bond acceptors (Lipinski definition) is 4. The van der Waals surface area contributed by atoms with Gasteiger partial charge in [0.2, 0.25) is 5.95 Å². The van der Waals surface area contributed by atoms with E-state index in [0.717, 1.165) is 24.8 Å². The van der Waals surface area contributed by atoms with Crippen molar-refractivity contribution in [2.45, 2.75) is 26.2 Å². The monoisotopic (exact) mass is 290 g/mol. The smallest absolute Gasteiger partial charge is 0.413 e. The van der Waals surface area contributed by atoms with E-state index in [4.69, 9.17) is 5.73 Å². The number of ether oxygens (including phenoxy) is 1. The molecule has 1 aromatic carbocycles.